The van der Waals surface area contributed by atoms with Crippen LogP contribution in [0.25, 0.3) is 11.4 Å². The van der Waals surface area contributed by atoms with E-state index in [0.717, 1.165) is 22.0 Å². The normalized spacial score (nSPS) is 10.7. The average molecular weight is 327 g/mol. The number of nitrogens with zero attached hydrogens (tertiary/aromatic N) is 4. The largest absolute Gasteiger partial charge is 0.350 e. The fraction of sp³-hybridized carbons (Fsp3) is 0.250. The molecule has 1 N–H and O–H groups in total. The summed E-state index contributed by atoms with van der Waals surface area (Å²) < 4.78 is 1.64. The van der Waals surface area contributed by atoms with E-state index in [0.29, 0.717) is 18.7 Å². The number of thiazole rings is 1. The molecule has 3 aromatic rings. The van der Waals surface area contributed by atoms with Gasteiger partial charge in [0.15, 0.2) is 5.69 Å². The summed E-state index contributed by atoms with van der Waals surface area (Å²) in [6, 6.07) is 5.76. The smallest absolute Gasteiger partial charge is 0.272 e. The fourth-order valence-electron chi connectivity index (χ4n) is 2.26. The molecule has 23 heavy (non-hydrogen) atoms. The summed E-state index contributed by atoms with van der Waals surface area (Å²) in [5.41, 5.74) is 3.08. The lowest BCUT2D eigenvalue weighted by Gasteiger charge is -2.02. The van der Waals surface area contributed by atoms with Gasteiger partial charge in [-0.05, 0) is 19.1 Å². The number of hydrogen-bond donors (Lipinski definition) is 1. The van der Waals surface area contributed by atoms with Crippen LogP contribution in [0.15, 0.2) is 36.0 Å². The van der Waals surface area contributed by atoms with Crippen molar-refractivity contribution in [2.75, 3.05) is 6.54 Å². The van der Waals surface area contributed by atoms with Crippen LogP contribution in [0.3, 0.4) is 0 Å². The minimum Gasteiger partial charge on any atom is -0.350 e. The van der Waals surface area contributed by atoms with Gasteiger partial charge in [0.25, 0.3) is 5.91 Å². The van der Waals surface area contributed by atoms with Gasteiger partial charge in [0.2, 0.25) is 0 Å². The third-order valence-corrected chi connectivity index (χ3v) is 4.24. The average Bonchev–Trinajstić information content (AvgIpc) is 3.14. The minimum absolute atomic E-state index is 0.149. The van der Waals surface area contributed by atoms with Crippen molar-refractivity contribution in [1.82, 2.24) is 25.1 Å². The molecule has 0 aliphatic heterocycles. The van der Waals surface area contributed by atoms with Crippen molar-refractivity contribution in [2.24, 2.45) is 7.05 Å². The molecule has 0 aliphatic rings. The standard InChI is InChI=1S/C16H17N5OS/c1-11-9-21(2)20-15(11)16(22)18-8-6-14-19-13(10-23-14)12-5-3-4-7-17-12/h3-5,7,9-10H,6,8H2,1-2H3,(H,18,22). The van der Waals surface area contributed by atoms with Crippen molar-refractivity contribution in [3.63, 3.8) is 0 Å². The van der Waals surface area contributed by atoms with Gasteiger partial charge in [0.05, 0.1) is 16.4 Å². The molecule has 0 atom stereocenters. The first-order chi connectivity index (χ1) is 11.1. The summed E-state index contributed by atoms with van der Waals surface area (Å²) in [4.78, 5) is 20.9. The third-order valence-electron chi connectivity index (χ3n) is 3.33. The summed E-state index contributed by atoms with van der Waals surface area (Å²) in [5, 5.41) is 10.0. The van der Waals surface area contributed by atoms with Gasteiger partial charge in [-0.1, -0.05) is 6.07 Å². The number of hydrogen-bond acceptors (Lipinski definition) is 5. The number of pyridine rings is 1. The number of carbonyl (C=O) groups excluding carboxylic acids is 1. The maximum Gasteiger partial charge on any atom is 0.272 e. The Morgan fingerprint density at radius 2 is 2.22 bits per heavy atom. The van der Waals surface area contributed by atoms with E-state index < -0.39 is 0 Å². The molecule has 0 saturated heterocycles. The van der Waals surface area contributed by atoms with Gasteiger partial charge in [0, 0.05) is 43.4 Å². The number of aryl methyl sites for hydroxylation is 2. The topological polar surface area (TPSA) is 72.7 Å². The molecule has 0 aliphatic carbocycles. The van der Waals surface area contributed by atoms with Crippen LogP contribution in [0.2, 0.25) is 0 Å². The molecule has 1 amide bonds. The molecular formula is C16H17N5OS. The Labute approximate surface area is 138 Å². The lowest BCUT2D eigenvalue weighted by molar-refractivity contribution is 0.0948. The second-order valence-corrected chi connectivity index (χ2v) is 6.12. The molecule has 3 rings (SSSR count). The van der Waals surface area contributed by atoms with Gasteiger partial charge in [-0.2, -0.15) is 5.10 Å². The maximum atomic E-state index is 12.1. The predicted octanol–water partition coefficient (Wildman–Crippen LogP) is 2.22. The third kappa shape index (κ3) is 3.62. The van der Waals surface area contributed by atoms with E-state index in [-0.39, 0.29) is 5.91 Å². The molecule has 0 unspecified atom stereocenters. The Morgan fingerprint density at radius 3 is 2.91 bits per heavy atom. The van der Waals surface area contributed by atoms with Crippen LogP contribution in [0.1, 0.15) is 21.1 Å². The van der Waals surface area contributed by atoms with Crippen LogP contribution >= 0.6 is 11.3 Å². The minimum atomic E-state index is -0.149. The summed E-state index contributed by atoms with van der Waals surface area (Å²) in [7, 11) is 1.80. The van der Waals surface area contributed by atoms with E-state index in [1.807, 2.05) is 36.7 Å². The molecule has 7 heteroatoms. The van der Waals surface area contributed by atoms with Crippen molar-refractivity contribution >= 4 is 17.2 Å². The van der Waals surface area contributed by atoms with Crippen molar-refractivity contribution in [2.45, 2.75) is 13.3 Å². The number of aromatic nitrogens is 4. The van der Waals surface area contributed by atoms with E-state index in [2.05, 4.69) is 20.4 Å². The molecule has 0 bridgehead atoms. The second-order valence-electron chi connectivity index (χ2n) is 5.18. The molecule has 3 heterocycles. The number of carbonyl (C=O) groups is 1. The van der Waals surface area contributed by atoms with E-state index in [9.17, 15) is 4.79 Å². The van der Waals surface area contributed by atoms with Crippen LogP contribution in [0, 0.1) is 6.92 Å². The van der Waals surface area contributed by atoms with Gasteiger partial charge >= 0.3 is 0 Å². The molecule has 0 fully saturated rings. The number of nitrogens with one attached hydrogen (secondary N) is 1. The molecule has 0 saturated carbocycles. The van der Waals surface area contributed by atoms with Crippen LogP contribution in [-0.2, 0) is 13.5 Å². The molecule has 6 nitrogen and oxygen atoms in total. The van der Waals surface area contributed by atoms with Crippen LogP contribution in [-0.4, -0.2) is 32.2 Å². The Morgan fingerprint density at radius 1 is 1.35 bits per heavy atom. The molecular weight excluding hydrogens is 310 g/mol. The van der Waals surface area contributed by atoms with Gasteiger partial charge in [-0.25, -0.2) is 4.98 Å². The van der Waals surface area contributed by atoms with E-state index in [1.165, 1.54) is 0 Å². The first kappa shape index (κ1) is 15.4. The Balaban J connectivity index is 1.56. The zero-order valence-corrected chi connectivity index (χ0v) is 13.8. The van der Waals surface area contributed by atoms with Gasteiger partial charge in [0.1, 0.15) is 0 Å². The van der Waals surface area contributed by atoms with Crippen molar-refractivity contribution in [3.8, 4) is 11.4 Å². The lowest BCUT2D eigenvalue weighted by Crippen LogP contribution is -2.26. The number of amides is 1. The van der Waals surface area contributed by atoms with Gasteiger partial charge in [-0.3, -0.25) is 14.5 Å². The van der Waals surface area contributed by atoms with E-state index in [4.69, 9.17) is 0 Å². The Bertz CT molecular complexity index is 809. The van der Waals surface area contributed by atoms with Crippen molar-refractivity contribution in [3.05, 3.63) is 52.2 Å². The van der Waals surface area contributed by atoms with Gasteiger partial charge < -0.3 is 5.32 Å². The first-order valence-corrected chi connectivity index (χ1v) is 8.15. The SMILES string of the molecule is Cc1cn(C)nc1C(=O)NCCc1nc(-c2ccccn2)cs1. The molecule has 0 spiro atoms. The van der Waals surface area contributed by atoms with Crippen LogP contribution < -0.4 is 5.32 Å². The van der Waals surface area contributed by atoms with E-state index >= 15 is 0 Å². The fourth-order valence-corrected chi connectivity index (χ4v) is 3.05. The zero-order valence-electron chi connectivity index (χ0n) is 13.0. The Hall–Kier alpha value is -2.54. The highest BCUT2D eigenvalue weighted by Crippen LogP contribution is 2.19. The highest BCUT2D eigenvalue weighted by atomic mass is 32.1. The number of rotatable bonds is 5. The maximum absolute atomic E-state index is 12.1. The van der Waals surface area contributed by atoms with Crippen molar-refractivity contribution < 1.29 is 4.79 Å². The van der Waals surface area contributed by atoms with Crippen molar-refractivity contribution in [1.29, 1.82) is 0 Å². The molecule has 3 aromatic heterocycles. The summed E-state index contributed by atoms with van der Waals surface area (Å²) in [5.74, 6) is -0.149. The molecule has 118 valence electrons. The summed E-state index contributed by atoms with van der Waals surface area (Å²) >= 11 is 1.58. The van der Waals surface area contributed by atoms with E-state index in [1.54, 1.807) is 29.3 Å². The lowest BCUT2D eigenvalue weighted by atomic mass is 10.2. The highest BCUT2D eigenvalue weighted by Gasteiger charge is 2.13. The summed E-state index contributed by atoms with van der Waals surface area (Å²) in [6.45, 7) is 2.41. The Kier molecular flexibility index (Phi) is 4.47. The molecule has 0 radical (unpaired) electrons. The zero-order chi connectivity index (χ0) is 16.2. The van der Waals surface area contributed by atoms with Crippen LogP contribution in [0.5, 0.6) is 0 Å². The highest BCUT2D eigenvalue weighted by molar-refractivity contribution is 7.09. The van der Waals surface area contributed by atoms with Crippen LogP contribution in [0.4, 0.5) is 0 Å². The predicted molar refractivity (Wildman–Crippen MR) is 89.3 cm³/mol. The first-order valence-electron chi connectivity index (χ1n) is 7.28. The monoisotopic (exact) mass is 327 g/mol. The second kappa shape index (κ2) is 6.70. The quantitative estimate of drug-likeness (QED) is 0.780. The molecule has 0 aromatic carbocycles. The van der Waals surface area contributed by atoms with Gasteiger partial charge in [-0.15, -0.1) is 11.3 Å². The summed E-state index contributed by atoms with van der Waals surface area (Å²) in [6.07, 6.45) is 4.27.